The number of allylic oxidation sites excluding steroid dienone is 2. The Hall–Kier alpha value is -3.13. The molecule has 0 radical (unpaired) electrons. The fourth-order valence-electron chi connectivity index (χ4n) is 3.16. The van der Waals surface area contributed by atoms with E-state index in [1.165, 1.54) is 19.2 Å². The molecule has 0 aliphatic carbocycles. The van der Waals surface area contributed by atoms with Gasteiger partial charge in [0, 0.05) is 5.56 Å². The lowest BCUT2D eigenvalue weighted by molar-refractivity contribution is 0.417. The summed E-state index contributed by atoms with van der Waals surface area (Å²) in [7, 11) is -1.98. The van der Waals surface area contributed by atoms with Crippen LogP contribution in [0.3, 0.4) is 0 Å². The summed E-state index contributed by atoms with van der Waals surface area (Å²) in [6, 6.07) is 11.5. The van der Waals surface area contributed by atoms with Crippen molar-refractivity contribution in [1.82, 2.24) is 5.32 Å². The van der Waals surface area contributed by atoms with E-state index in [0.29, 0.717) is 28.5 Å². The Morgan fingerprint density at radius 3 is 2.47 bits per heavy atom. The summed E-state index contributed by atoms with van der Waals surface area (Å²) in [4.78, 5) is 4.71. The summed E-state index contributed by atoms with van der Waals surface area (Å²) in [5.74, 6) is 0.734. The fraction of sp³-hybridized carbons (Fsp3) is 0.292. The van der Waals surface area contributed by atoms with Gasteiger partial charge in [0.05, 0.1) is 30.8 Å². The zero-order chi connectivity index (χ0) is 23.7. The molecule has 0 aromatic heterocycles. The van der Waals surface area contributed by atoms with Crippen molar-refractivity contribution >= 4 is 21.4 Å². The second-order valence-corrected chi connectivity index (χ2v) is 8.95. The predicted molar refractivity (Wildman–Crippen MR) is 129 cm³/mol. The number of methoxy groups -OCH3 is 1. The second kappa shape index (κ2) is 11.5. The third-order valence-electron chi connectivity index (χ3n) is 4.67. The van der Waals surface area contributed by atoms with E-state index in [0.717, 1.165) is 24.7 Å². The van der Waals surface area contributed by atoms with Gasteiger partial charge in [-0.3, -0.25) is 4.72 Å². The largest absolute Gasteiger partial charge is 0.495 e. The molecule has 0 heterocycles. The van der Waals surface area contributed by atoms with E-state index >= 15 is 0 Å². The number of aliphatic imine (C=N–C) groups is 1. The van der Waals surface area contributed by atoms with Crippen molar-refractivity contribution in [2.45, 2.75) is 32.7 Å². The lowest BCUT2D eigenvalue weighted by Gasteiger charge is -2.20. The molecular weight excluding hydrogens is 429 g/mol. The van der Waals surface area contributed by atoms with E-state index < -0.39 is 10.0 Å². The Kier molecular flexibility index (Phi) is 9.02. The number of nitrogens with one attached hydrogen (secondary N) is 2. The second-order valence-electron chi connectivity index (χ2n) is 7.20. The van der Waals surface area contributed by atoms with E-state index in [4.69, 9.17) is 9.73 Å². The monoisotopic (exact) mass is 459 g/mol. The van der Waals surface area contributed by atoms with Crippen LogP contribution < -0.4 is 14.8 Å². The highest BCUT2D eigenvalue weighted by Crippen LogP contribution is 2.27. The minimum absolute atomic E-state index is 0.0301. The van der Waals surface area contributed by atoms with Crippen molar-refractivity contribution in [2.24, 2.45) is 4.99 Å². The van der Waals surface area contributed by atoms with Gasteiger partial charge < -0.3 is 10.1 Å². The molecule has 0 saturated carbocycles. The van der Waals surface area contributed by atoms with Crippen molar-refractivity contribution < 1.29 is 17.5 Å². The maximum Gasteiger partial charge on any atom is 0.229 e. The lowest BCUT2D eigenvalue weighted by Crippen LogP contribution is -2.20. The van der Waals surface area contributed by atoms with Gasteiger partial charge in [0.2, 0.25) is 10.0 Å². The first-order chi connectivity index (χ1) is 15.2. The van der Waals surface area contributed by atoms with Crippen LogP contribution in [0.4, 0.5) is 10.1 Å². The van der Waals surface area contributed by atoms with Crippen LogP contribution in [0.2, 0.25) is 0 Å². The normalized spacial score (nSPS) is 13.4. The number of benzene rings is 2. The SMILES string of the molecule is C=C/C(=N\C(=C/C)NC(CCC)c1ccc(F)cc1)c1ccc(NS(C)(=O)=O)c(OC)c1. The molecule has 0 fully saturated rings. The van der Waals surface area contributed by atoms with Gasteiger partial charge in [-0.2, -0.15) is 0 Å². The van der Waals surface area contributed by atoms with Crippen molar-refractivity contribution in [3.8, 4) is 5.75 Å². The molecule has 0 aliphatic rings. The standard InChI is InChI=1S/C24H30FN3O3S/c1-6-9-21(17-10-13-19(25)14-11-17)27-24(8-3)26-20(7-2)18-12-15-22(23(16-18)31-4)28-32(5,29)30/h7-8,10-16,21,27-28H,2,6,9H2,1,3-5H3/b24-8+,26-20+. The van der Waals surface area contributed by atoms with Crippen LogP contribution in [0.25, 0.3) is 0 Å². The molecule has 0 amide bonds. The topological polar surface area (TPSA) is 79.8 Å². The predicted octanol–water partition coefficient (Wildman–Crippen LogP) is 5.17. The lowest BCUT2D eigenvalue weighted by atomic mass is 10.0. The van der Waals surface area contributed by atoms with Gasteiger partial charge in [-0.05, 0) is 55.3 Å². The molecule has 2 N–H and O–H groups in total. The molecule has 2 aromatic carbocycles. The number of rotatable bonds is 11. The van der Waals surface area contributed by atoms with Crippen LogP contribution in [0.15, 0.2) is 72.0 Å². The maximum atomic E-state index is 13.3. The van der Waals surface area contributed by atoms with E-state index in [-0.39, 0.29) is 11.9 Å². The van der Waals surface area contributed by atoms with Crippen LogP contribution in [-0.2, 0) is 10.0 Å². The van der Waals surface area contributed by atoms with Gasteiger partial charge in [-0.15, -0.1) is 0 Å². The number of halogens is 1. The molecule has 32 heavy (non-hydrogen) atoms. The van der Waals surface area contributed by atoms with Crippen LogP contribution in [0, 0.1) is 5.82 Å². The average molecular weight is 460 g/mol. The van der Waals surface area contributed by atoms with Crippen LogP contribution in [-0.4, -0.2) is 27.5 Å². The average Bonchev–Trinajstić information content (AvgIpc) is 2.76. The Morgan fingerprint density at radius 2 is 1.94 bits per heavy atom. The first kappa shape index (κ1) is 25.1. The maximum absolute atomic E-state index is 13.3. The Bertz CT molecular complexity index is 1090. The Morgan fingerprint density at radius 1 is 1.25 bits per heavy atom. The summed E-state index contributed by atoms with van der Waals surface area (Å²) in [5.41, 5.74) is 2.61. The van der Waals surface area contributed by atoms with Gasteiger partial charge in [0.15, 0.2) is 0 Å². The first-order valence-corrected chi connectivity index (χ1v) is 12.2. The van der Waals surface area contributed by atoms with Crippen molar-refractivity contribution in [3.05, 3.63) is 84.0 Å². The Labute approximate surface area is 190 Å². The van der Waals surface area contributed by atoms with Crippen LogP contribution >= 0.6 is 0 Å². The highest BCUT2D eigenvalue weighted by molar-refractivity contribution is 7.92. The van der Waals surface area contributed by atoms with E-state index in [9.17, 15) is 12.8 Å². The zero-order valence-corrected chi connectivity index (χ0v) is 19.7. The third kappa shape index (κ3) is 7.23. The summed E-state index contributed by atoms with van der Waals surface area (Å²) < 4.78 is 44.3. The number of sulfonamides is 1. The number of ether oxygens (including phenoxy) is 1. The minimum atomic E-state index is -3.44. The van der Waals surface area contributed by atoms with Gasteiger partial charge in [0.25, 0.3) is 0 Å². The molecule has 2 rings (SSSR count). The first-order valence-electron chi connectivity index (χ1n) is 10.3. The van der Waals surface area contributed by atoms with E-state index in [1.807, 2.05) is 13.0 Å². The van der Waals surface area contributed by atoms with Gasteiger partial charge in [-0.1, -0.05) is 38.1 Å². The van der Waals surface area contributed by atoms with Gasteiger partial charge >= 0.3 is 0 Å². The molecule has 6 nitrogen and oxygen atoms in total. The van der Waals surface area contributed by atoms with E-state index in [2.05, 4.69) is 23.5 Å². The van der Waals surface area contributed by atoms with Crippen LogP contribution in [0.1, 0.15) is 43.9 Å². The number of hydrogen-bond donors (Lipinski definition) is 2. The quantitative estimate of drug-likeness (QED) is 0.454. The third-order valence-corrected chi connectivity index (χ3v) is 5.26. The highest BCUT2D eigenvalue weighted by atomic mass is 32.2. The number of nitrogens with zero attached hydrogens (tertiary/aromatic N) is 1. The minimum Gasteiger partial charge on any atom is -0.495 e. The van der Waals surface area contributed by atoms with Gasteiger partial charge in [0.1, 0.15) is 17.4 Å². The number of anilines is 1. The number of hydrogen-bond acceptors (Lipinski definition) is 5. The molecule has 0 bridgehead atoms. The zero-order valence-electron chi connectivity index (χ0n) is 18.9. The highest BCUT2D eigenvalue weighted by Gasteiger charge is 2.14. The van der Waals surface area contributed by atoms with Gasteiger partial charge in [-0.25, -0.2) is 17.8 Å². The van der Waals surface area contributed by atoms with E-state index in [1.54, 1.807) is 36.4 Å². The summed E-state index contributed by atoms with van der Waals surface area (Å²) in [6.07, 6.45) is 6.34. The Balaban J connectivity index is 2.35. The smallest absolute Gasteiger partial charge is 0.229 e. The summed E-state index contributed by atoms with van der Waals surface area (Å²) >= 11 is 0. The molecular formula is C24H30FN3O3S. The fourth-order valence-corrected chi connectivity index (χ4v) is 3.73. The van der Waals surface area contributed by atoms with Crippen LogP contribution in [0.5, 0.6) is 5.75 Å². The molecule has 172 valence electrons. The summed E-state index contributed by atoms with van der Waals surface area (Å²) in [6.45, 7) is 7.83. The molecule has 8 heteroatoms. The molecule has 1 unspecified atom stereocenters. The molecule has 0 spiro atoms. The van der Waals surface area contributed by atoms with Crippen molar-refractivity contribution in [2.75, 3.05) is 18.1 Å². The van der Waals surface area contributed by atoms with Crippen molar-refractivity contribution in [1.29, 1.82) is 0 Å². The molecule has 0 aliphatic heterocycles. The van der Waals surface area contributed by atoms with Crippen molar-refractivity contribution in [3.63, 3.8) is 0 Å². The molecule has 0 saturated heterocycles. The molecule has 1 atom stereocenters. The molecule has 2 aromatic rings. The summed E-state index contributed by atoms with van der Waals surface area (Å²) in [5, 5.41) is 3.43.